The third-order valence-corrected chi connectivity index (χ3v) is 3.00. The van der Waals surface area contributed by atoms with E-state index in [-0.39, 0.29) is 11.6 Å². The van der Waals surface area contributed by atoms with Crippen molar-refractivity contribution in [1.29, 1.82) is 0 Å². The van der Waals surface area contributed by atoms with Crippen molar-refractivity contribution in [2.45, 2.75) is 46.1 Å². The highest BCUT2D eigenvalue weighted by Crippen LogP contribution is 2.34. The fraction of sp³-hybridized carbons (Fsp3) is 0.615. The quantitative estimate of drug-likeness (QED) is 0.658. The molecule has 1 aromatic rings. The summed E-state index contributed by atoms with van der Waals surface area (Å²) in [6.45, 7) is 8.30. The summed E-state index contributed by atoms with van der Waals surface area (Å²) in [6.07, 6.45) is 1.87. The summed E-state index contributed by atoms with van der Waals surface area (Å²) >= 11 is 1.20. The molecule has 1 heterocycles. The summed E-state index contributed by atoms with van der Waals surface area (Å²) in [5, 5.41) is 0.507. The molecule has 0 aromatic carbocycles. The van der Waals surface area contributed by atoms with E-state index in [9.17, 15) is 4.79 Å². The largest absolute Gasteiger partial charge is 0.485 e. The zero-order chi connectivity index (χ0) is 13.8. The van der Waals surface area contributed by atoms with Crippen LogP contribution in [0.1, 0.15) is 50.2 Å². The zero-order valence-corrected chi connectivity index (χ0v) is 12.2. The Balaban J connectivity index is 2.68. The molecular formula is C13H21NO3S. The van der Waals surface area contributed by atoms with Gasteiger partial charge in [-0.25, -0.2) is 4.79 Å². The van der Waals surface area contributed by atoms with Gasteiger partial charge >= 0.3 is 5.97 Å². The topological polar surface area (TPSA) is 61.5 Å². The molecule has 0 saturated heterocycles. The van der Waals surface area contributed by atoms with E-state index in [1.807, 2.05) is 27.7 Å². The highest BCUT2D eigenvalue weighted by Gasteiger charge is 2.19. The Labute approximate surface area is 112 Å². The highest BCUT2D eigenvalue weighted by atomic mass is 32.1. The molecule has 0 amide bonds. The molecule has 2 N–H and O–H groups in total. The number of nitrogen functional groups attached to an aromatic ring is 1. The first-order chi connectivity index (χ1) is 8.33. The van der Waals surface area contributed by atoms with Crippen molar-refractivity contribution in [2.24, 2.45) is 0 Å². The van der Waals surface area contributed by atoms with Crippen molar-refractivity contribution in [3.8, 4) is 5.75 Å². The van der Waals surface area contributed by atoms with Gasteiger partial charge in [-0.3, -0.25) is 0 Å². The normalized spacial score (nSPS) is 11.3. The van der Waals surface area contributed by atoms with Crippen molar-refractivity contribution in [2.75, 3.05) is 12.3 Å². The smallest absolute Gasteiger partial charge is 0.348 e. The zero-order valence-electron chi connectivity index (χ0n) is 11.4. The van der Waals surface area contributed by atoms with Gasteiger partial charge in [0.05, 0.1) is 6.61 Å². The first kappa shape index (κ1) is 14.8. The summed E-state index contributed by atoms with van der Waals surface area (Å²) in [5.41, 5.74) is 5.49. The second-order valence-electron chi connectivity index (χ2n) is 5.04. The van der Waals surface area contributed by atoms with Crippen LogP contribution in [0.4, 0.5) is 5.00 Å². The number of thiophene rings is 1. The first-order valence-electron chi connectivity index (χ1n) is 6.09. The SMILES string of the molecule is CCCCOC(=O)c1cc(OC(C)(C)C)c(N)s1. The molecule has 0 spiro atoms. The number of hydrogen-bond donors (Lipinski definition) is 1. The van der Waals surface area contributed by atoms with Gasteiger partial charge in [0, 0.05) is 6.07 Å². The molecule has 0 aliphatic rings. The molecule has 5 heteroatoms. The second kappa shape index (κ2) is 6.09. The fourth-order valence-corrected chi connectivity index (χ4v) is 2.03. The van der Waals surface area contributed by atoms with Crippen molar-refractivity contribution in [3.05, 3.63) is 10.9 Å². The van der Waals surface area contributed by atoms with Crippen molar-refractivity contribution in [3.63, 3.8) is 0 Å². The Bertz CT molecular complexity index is 407. The van der Waals surface area contributed by atoms with Crippen LogP contribution in [0.5, 0.6) is 5.75 Å². The maximum atomic E-state index is 11.7. The Kier molecular flexibility index (Phi) is 5.02. The van der Waals surface area contributed by atoms with E-state index in [1.54, 1.807) is 6.07 Å². The van der Waals surface area contributed by atoms with E-state index in [4.69, 9.17) is 15.2 Å². The van der Waals surface area contributed by atoms with Crippen LogP contribution in [0, 0.1) is 0 Å². The number of esters is 1. The number of unbranched alkanes of at least 4 members (excludes halogenated alkanes) is 1. The lowest BCUT2D eigenvalue weighted by atomic mass is 10.2. The Hall–Kier alpha value is -1.23. The van der Waals surface area contributed by atoms with E-state index in [0.29, 0.717) is 22.2 Å². The standard InChI is InChI=1S/C13H21NO3S/c1-5-6-7-16-12(15)10-8-9(11(14)18-10)17-13(2,3)4/h8H,5-7,14H2,1-4H3. The van der Waals surface area contributed by atoms with Crippen molar-refractivity contribution < 1.29 is 14.3 Å². The molecular weight excluding hydrogens is 250 g/mol. The average molecular weight is 271 g/mol. The van der Waals surface area contributed by atoms with Crippen LogP contribution in [0.25, 0.3) is 0 Å². The Morgan fingerprint density at radius 3 is 2.67 bits per heavy atom. The number of anilines is 1. The van der Waals surface area contributed by atoms with Crippen LogP contribution in [-0.2, 0) is 4.74 Å². The minimum absolute atomic E-state index is 0.330. The van der Waals surface area contributed by atoms with Crippen LogP contribution < -0.4 is 10.5 Å². The van der Waals surface area contributed by atoms with E-state index < -0.39 is 0 Å². The number of hydrogen-bond acceptors (Lipinski definition) is 5. The molecule has 0 aliphatic carbocycles. The number of ether oxygens (including phenoxy) is 2. The van der Waals surface area contributed by atoms with Gasteiger partial charge < -0.3 is 15.2 Å². The van der Waals surface area contributed by atoms with Gasteiger partial charge in [-0.1, -0.05) is 13.3 Å². The van der Waals surface area contributed by atoms with Gasteiger partial charge in [0.1, 0.15) is 15.5 Å². The maximum Gasteiger partial charge on any atom is 0.348 e. The fourth-order valence-electron chi connectivity index (χ4n) is 1.28. The van der Waals surface area contributed by atoms with Gasteiger partial charge in [-0.05, 0) is 27.2 Å². The molecule has 18 heavy (non-hydrogen) atoms. The number of rotatable bonds is 5. The molecule has 4 nitrogen and oxygen atoms in total. The molecule has 0 radical (unpaired) electrons. The van der Waals surface area contributed by atoms with Crippen molar-refractivity contribution >= 4 is 22.3 Å². The van der Waals surface area contributed by atoms with Crippen LogP contribution in [0.3, 0.4) is 0 Å². The van der Waals surface area contributed by atoms with Crippen LogP contribution in [-0.4, -0.2) is 18.2 Å². The average Bonchev–Trinajstić information content (AvgIpc) is 2.58. The minimum atomic E-state index is -0.335. The molecule has 0 aliphatic heterocycles. The molecule has 1 aromatic heterocycles. The summed E-state index contributed by atoms with van der Waals surface area (Å²) in [7, 11) is 0. The summed E-state index contributed by atoms with van der Waals surface area (Å²) in [5.74, 6) is 0.221. The van der Waals surface area contributed by atoms with E-state index in [0.717, 1.165) is 12.8 Å². The number of carbonyl (C=O) groups excluding carboxylic acids is 1. The molecule has 0 bridgehead atoms. The maximum absolute atomic E-state index is 11.7. The van der Waals surface area contributed by atoms with Gasteiger partial charge in [0.15, 0.2) is 5.75 Å². The second-order valence-corrected chi connectivity index (χ2v) is 6.13. The molecule has 0 unspecified atom stereocenters. The predicted molar refractivity (Wildman–Crippen MR) is 74.3 cm³/mol. The minimum Gasteiger partial charge on any atom is -0.485 e. The number of carbonyl (C=O) groups is 1. The lowest BCUT2D eigenvalue weighted by Gasteiger charge is -2.20. The molecule has 1 rings (SSSR count). The molecule has 102 valence electrons. The lowest BCUT2D eigenvalue weighted by molar-refractivity contribution is 0.0504. The molecule has 0 saturated carbocycles. The van der Waals surface area contributed by atoms with Gasteiger partial charge in [-0.15, -0.1) is 11.3 Å². The molecule has 0 fully saturated rings. The molecule has 0 atom stereocenters. The third-order valence-electron chi connectivity index (χ3n) is 2.07. The summed E-state index contributed by atoms with van der Waals surface area (Å²) in [6, 6.07) is 1.65. The Morgan fingerprint density at radius 1 is 1.44 bits per heavy atom. The van der Waals surface area contributed by atoms with E-state index >= 15 is 0 Å². The monoisotopic (exact) mass is 271 g/mol. The van der Waals surface area contributed by atoms with Gasteiger partial charge in [0.25, 0.3) is 0 Å². The predicted octanol–water partition coefficient (Wildman–Crippen LogP) is 3.46. The first-order valence-corrected chi connectivity index (χ1v) is 6.90. The Morgan fingerprint density at radius 2 is 2.11 bits per heavy atom. The summed E-state index contributed by atoms with van der Waals surface area (Å²) < 4.78 is 10.8. The van der Waals surface area contributed by atoms with Crippen LogP contribution in [0.15, 0.2) is 6.07 Å². The third kappa shape index (κ3) is 4.56. The van der Waals surface area contributed by atoms with Crippen molar-refractivity contribution in [1.82, 2.24) is 0 Å². The summed E-state index contributed by atoms with van der Waals surface area (Å²) in [4.78, 5) is 12.2. The van der Waals surface area contributed by atoms with Gasteiger partial charge in [-0.2, -0.15) is 0 Å². The lowest BCUT2D eigenvalue weighted by Crippen LogP contribution is -2.23. The van der Waals surface area contributed by atoms with E-state index in [1.165, 1.54) is 11.3 Å². The van der Waals surface area contributed by atoms with E-state index in [2.05, 4.69) is 0 Å². The van der Waals surface area contributed by atoms with Crippen LogP contribution in [0.2, 0.25) is 0 Å². The van der Waals surface area contributed by atoms with Gasteiger partial charge in [0.2, 0.25) is 0 Å². The van der Waals surface area contributed by atoms with Crippen LogP contribution >= 0.6 is 11.3 Å². The highest BCUT2D eigenvalue weighted by molar-refractivity contribution is 7.18. The number of nitrogens with two attached hydrogens (primary N) is 1.